The Balaban J connectivity index is 1.36. The number of thiazole rings is 1. The molecule has 4 aromatic rings. The maximum absolute atomic E-state index is 12.4. The van der Waals surface area contributed by atoms with Gasteiger partial charge in [0.05, 0.1) is 17.1 Å². The zero-order valence-electron chi connectivity index (χ0n) is 18.4. The molecule has 4 rings (SSSR count). The van der Waals surface area contributed by atoms with Crippen LogP contribution in [0.2, 0.25) is 0 Å². The van der Waals surface area contributed by atoms with Gasteiger partial charge in [0.15, 0.2) is 10.3 Å². The summed E-state index contributed by atoms with van der Waals surface area (Å²) in [6.07, 6.45) is 1.05. The maximum atomic E-state index is 12.4. The molecule has 0 saturated heterocycles. The van der Waals surface area contributed by atoms with E-state index in [1.54, 1.807) is 0 Å². The van der Waals surface area contributed by atoms with Gasteiger partial charge >= 0.3 is 0 Å². The van der Waals surface area contributed by atoms with Crippen LogP contribution in [0, 0.1) is 5.92 Å². The highest BCUT2D eigenvalue weighted by molar-refractivity contribution is 7.99. The zero-order chi connectivity index (χ0) is 23.2. The summed E-state index contributed by atoms with van der Waals surface area (Å²) < 4.78 is 0. The molecule has 0 radical (unpaired) electrons. The molecule has 0 bridgehead atoms. The van der Waals surface area contributed by atoms with E-state index in [0.29, 0.717) is 21.9 Å². The maximum Gasteiger partial charge on any atom is 0.252 e. The molecule has 33 heavy (non-hydrogen) atoms. The van der Waals surface area contributed by atoms with Crippen LogP contribution < -0.4 is 10.9 Å². The van der Waals surface area contributed by atoms with Gasteiger partial charge in [0.2, 0.25) is 5.91 Å². The molecular weight excluding hydrogens is 452 g/mol. The Morgan fingerprint density at radius 3 is 2.48 bits per heavy atom. The molecule has 2 heterocycles. The highest BCUT2D eigenvalue weighted by atomic mass is 32.2. The molecule has 1 amide bonds. The second-order valence-electron chi connectivity index (χ2n) is 7.97. The molecule has 0 fully saturated rings. The number of anilines is 1. The molecule has 0 unspecified atom stereocenters. The fourth-order valence-electron chi connectivity index (χ4n) is 3.30. The van der Waals surface area contributed by atoms with Gasteiger partial charge in [-0.2, -0.15) is 0 Å². The van der Waals surface area contributed by atoms with E-state index in [1.165, 1.54) is 34.7 Å². The topological polar surface area (TPSA) is 87.7 Å². The number of nitrogens with zero attached hydrogens (tertiary/aromatic N) is 2. The number of hydrogen-bond acceptors (Lipinski definition) is 6. The zero-order valence-corrected chi connectivity index (χ0v) is 20.0. The van der Waals surface area contributed by atoms with Crippen molar-refractivity contribution in [3.63, 3.8) is 0 Å². The summed E-state index contributed by atoms with van der Waals surface area (Å²) in [7, 11) is 0. The van der Waals surface area contributed by atoms with Crippen LogP contribution in [-0.4, -0.2) is 26.6 Å². The normalized spacial score (nSPS) is 11.0. The lowest BCUT2D eigenvalue weighted by molar-refractivity contribution is -0.113. The van der Waals surface area contributed by atoms with E-state index in [2.05, 4.69) is 58.4 Å². The summed E-state index contributed by atoms with van der Waals surface area (Å²) >= 11 is 2.56. The lowest BCUT2D eigenvalue weighted by Crippen LogP contribution is -2.15. The van der Waals surface area contributed by atoms with Gasteiger partial charge < -0.3 is 10.3 Å². The van der Waals surface area contributed by atoms with Crippen molar-refractivity contribution in [1.29, 1.82) is 0 Å². The average molecular weight is 477 g/mol. The van der Waals surface area contributed by atoms with Gasteiger partial charge in [-0.3, -0.25) is 9.59 Å². The molecule has 6 nitrogen and oxygen atoms in total. The van der Waals surface area contributed by atoms with E-state index in [1.807, 2.05) is 35.7 Å². The molecule has 168 valence electrons. The first-order valence-electron chi connectivity index (χ1n) is 10.6. The molecular formula is C25H24N4O2S2. The van der Waals surface area contributed by atoms with Gasteiger partial charge in [0.25, 0.3) is 5.56 Å². The molecule has 0 aliphatic heterocycles. The number of H-pyrrole nitrogens is 1. The smallest absolute Gasteiger partial charge is 0.252 e. The number of aromatic nitrogens is 3. The Hall–Kier alpha value is -3.23. The molecule has 0 saturated carbocycles. The van der Waals surface area contributed by atoms with Crippen molar-refractivity contribution in [3.05, 3.63) is 82.0 Å². The number of carbonyl (C=O) groups is 1. The van der Waals surface area contributed by atoms with E-state index in [0.717, 1.165) is 23.2 Å². The summed E-state index contributed by atoms with van der Waals surface area (Å²) in [5.41, 5.74) is 4.33. The molecule has 0 aliphatic rings. The minimum absolute atomic E-state index is 0.111. The van der Waals surface area contributed by atoms with Gasteiger partial charge in [-0.15, -0.1) is 11.3 Å². The lowest BCUT2D eigenvalue weighted by atomic mass is 10.0. The third-order valence-corrected chi connectivity index (χ3v) is 6.40. The van der Waals surface area contributed by atoms with Crippen molar-refractivity contribution in [2.45, 2.75) is 25.4 Å². The van der Waals surface area contributed by atoms with Crippen LogP contribution in [0.1, 0.15) is 19.4 Å². The monoisotopic (exact) mass is 476 g/mol. The van der Waals surface area contributed by atoms with Crippen molar-refractivity contribution in [2.24, 2.45) is 5.92 Å². The Labute approximate surface area is 200 Å². The summed E-state index contributed by atoms with van der Waals surface area (Å²) in [6.45, 7) is 4.41. The average Bonchev–Trinajstić information content (AvgIpc) is 3.26. The number of benzene rings is 2. The second kappa shape index (κ2) is 10.6. The third kappa shape index (κ3) is 6.40. The van der Waals surface area contributed by atoms with E-state index >= 15 is 0 Å². The molecule has 8 heteroatoms. The standard InChI is InChI=1S/C25H24N4O2S2/c1-16(2)12-17-8-10-19(11-9-17)21-14-32-25(27-21)29-23(31)15-33-24-26-20(13-22(30)28-24)18-6-4-3-5-7-18/h3-11,13-14,16H,12,15H2,1-2H3,(H,26,28,30)(H,27,29,31). The molecule has 0 spiro atoms. The van der Waals surface area contributed by atoms with Crippen LogP contribution >= 0.6 is 23.1 Å². The van der Waals surface area contributed by atoms with Crippen LogP contribution in [-0.2, 0) is 11.2 Å². The predicted molar refractivity (Wildman–Crippen MR) is 136 cm³/mol. The number of carbonyl (C=O) groups excluding carboxylic acids is 1. The molecule has 2 N–H and O–H groups in total. The van der Waals surface area contributed by atoms with E-state index in [4.69, 9.17) is 0 Å². The van der Waals surface area contributed by atoms with Crippen LogP contribution in [0.4, 0.5) is 5.13 Å². The van der Waals surface area contributed by atoms with Gasteiger partial charge in [0, 0.05) is 22.6 Å². The lowest BCUT2D eigenvalue weighted by Gasteiger charge is -2.05. The second-order valence-corrected chi connectivity index (χ2v) is 9.79. The number of thioether (sulfide) groups is 1. The first-order chi connectivity index (χ1) is 16.0. The largest absolute Gasteiger partial charge is 0.301 e. The van der Waals surface area contributed by atoms with Crippen molar-refractivity contribution < 1.29 is 4.79 Å². The number of rotatable bonds is 8. The molecule has 2 aromatic heterocycles. The van der Waals surface area contributed by atoms with Crippen molar-refractivity contribution in [2.75, 3.05) is 11.1 Å². The van der Waals surface area contributed by atoms with E-state index < -0.39 is 0 Å². The first kappa shape index (κ1) is 22.9. The van der Waals surface area contributed by atoms with Crippen LogP contribution in [0.15, 0.2) is 76.0 Å². The molecule has 0 atom stereocenters. The SMILES string of the molecule is CC(C)Cc1ccc(-c2csc(NC(=O)CSc3nc(-c4ccccc4)cc(=O)[nH]3)n2)cc1. The Morgan fingerprint density at radius 2 is 1.76 bits per heavy atom. The fraction of sp³-hybridized carbons (Fsp3) is 0.200. The van der Waals surface area contributed by atoms with Crippen LogP contribution in [0.3, 0.4) is 0 Å². The summed E-state index contributed by atoms with van der Waals surface area (Å²) in [6, 6.07) is 19.3. The van der Waals surface area contributed by atoms with E-state index in [-0.39, 0.29) is 17.2 Å². The Bertz CT molecular complexity index is 1280. The van der Waals surface area contributed by atoms with Gasteiger partial charge in [-0.05, 0) is 17.9 Å². The van der Waals surface area contributed by atoms with Crippen molar-refractivity contribution in [1.82, 2.24) is 15.0 Å². The summed E-state index contributed by atoms with van der Waals surface area (Å²) in [5.74, 6) is 0.518. The molecule has 0 aliphatic carbocycles. The number of amides is 1. The van der Waals surface area contributed by atoms with Crippen LogP contribution in [0.25, 0.3) is 22.5 Å². The highest BCUT2D eigenvalue weighted by Crippen LogP contribution is 2.26. The number of hydrogen-bond donors (Lipinski definition) is 2. The number of nitrogens with one attached hydrogen (secondary N) is 2. The number of aromatic amines is 1. The third-order valence-electron chi connectivity index (χ3n) is 4.77. The summed E-state index contributed by atoms with van der Waals surface area (Å²) in [4.78, 5) is 36.1. The Morgan fingerprint density at radius 1 is 1.03 bits per heavy atom. The minimum Gasteiger partial charge on any atom is -0.301 e. The highest BCUT2D eigenvalue weighted by Gasteiger charge is 2.11. The van der Waals surface area contributed by atoms with Gasteiger partial charge in [-0.1, -0.05) is 80.2 Å². The first-order valence-corrected chi connectivity index (χ1v) is 12.5. The van der Waals surface area contributed by atoms with Crippen LogP contribution in [0.5, 0.6) is 0 Å². The van der Waals surface area contributed by atoms with Crippen molar-refractivity contribution in [3.8, 4) is 22.5 Å². The fourth-order valence-corrected chi connectivity index (χ4v) is 4.71. The predicted octanol–water partition coefficient (Wildman–Crippen LogP) is 5.49. The van der Waals surface area contributed by atoms with Gasteiger partial charge in [0.1, 0.15) is 0 Å². The van der Waals surface area contributed by atoms with E-state index in [9.17, 15) is 9.59 Å². The Kier molecular flexibility index (Phi) is 7.36. The minimum atomic E-state index is -0.254. The summed E-state index contributed by atoms with van der Waals surface area (Å²) in [5, 5.41) is 5.71. The molecule has 2 aromatic carbocycles. The van der Waals surface area contributed by atoms with Crippen molar-refractivity contribution >= 4 is 34.1 Å². The van der Waals surface area contributed by atoms with Gasteiger partial charge in [-0.25, -0.2) is 9.97 Å². The quantitative estimate of drug-likeness (QED) is 0.259.